The van der Waals surface area contributed by atoms with E-state index in [1.807, 2.05) is 0 Å². The van der Waals surface area contributed by atoms with Gasteiger partial charge >= 0.3 is 0 Å². The smallest absolute Gasteiger partial charge is 0.0223 e. The van der Waals surface area contributed by atoms with E-state index in [4.69, 9.17) is 5.73 Å². The van der Waals surface area contributed by atoms with E-state index in [-0.39, 0.29) is 0 Å². The summed E-state index contributed by atoms with van der Waals surface area (Å²) in [4.78, 5) is 4.98. The fourth-order valence-corrected chi connectivity index (χ4v) is 2.70. The number of rotatable bonds is 6. The highest BCUT2D eigenvalue weighted by atomic mass is 15.2. The molecule has 3 nitrogen and oxygen atoms in total. The van der Waals surface area contributed by atoms with Crippen LogP contribution in [0.5, 0.6) is 0 Å². The van der Waals surface area contributed by atoms with Crippen LogP contribution in [0.2, 0.25) is 0 Å². The summed E-state index contributed by atoms with van der Waals surface area (Å²) in [6.45, 7) is 5.52. The maximum Gasteiger partial charge on any atom is 0.0223 e. The summed E-state index contributed by atoms with van der Waals surface area (Å²) >= 11 is 0. The minimum Gasteiger partial charge on any atom is -0.329 e. The second kappa shape index (κ2) is 7.25. The van der Waals surface area contributed by atoms with Gasteiger partial charge in [-0.2, -0.15) is 0 Å². The Balaban J connectivity index is 2.42. The number of hydrogen-bond acceptors (Lipinski definition) is 3. The average Bonchev–Trinajstić information content (AvgIpc) is 2.29. The molecule has 0 aliphatic carbocycles. The Labute approximate surface area is 101 Å². The van der Waals surface area contributed by atoms with Crippen molar-refractivity contribution in [2.24, 2.45) is 5.73 Å². The number of nitrogens with two attached hydrogens (primary N) is 1. The lowest BCUT2D eigenvalue weighted by atomic mass is 10.0. The zero-order chi connectivity index (χ0) is 12.0. The molecule has 96 valence electrons. The normalized spacial score (nSPS) is 24.9. The van der Waals surface area contributed by atoms with E-state index in [1.165, 1.54) is 45.2 Å². The monoisotopic (exact) mass is 227 g/mol. The molecule has 1 saturated heterocycles. The molecule has 3 heteroatoms. The first-order valence-electron chi connectivity index (χ1n) is 6.79. The third kappa shape index (κ3) is 4.04. The fraction of sp³-hybridized carbons (Fsp3) is 1.00. The summed E-state index contributed by atoms with van der Waals surface area (Å²) in [5.41, 5.74) is 5.90. The number of likely N-dealkylation sites (N-methyl/N-ethyl adjacent to an activating group) is 2. The molecule has 1 rings (SSSR count). The first-order valence-corrected chi connectivity index (χ1v) is 6.79. The van der Waals surface area contributed by atoms with Gasteiger partial charge in [0, 0.05) is 25.2 Å². The Morgan fingerprint density at radius 1 is 1.50 bits per heavy atom. The molecule has 0 spiro atoms. The largest absolute Gasteiger partial charge is 0.329 e. The van der Waals surface area contributed by atoms with Crippen LogP contribution >= 0.6 is 0 Å². The number of unbranched alkanes of at least 4 members (excludes halogenated alkanes) is 1. The molecule has 0 radical (unpaired) electrons. The van der Waals surface area contributed by atoms with E-state index >= 15 is 0 Å². The number of hydrogen-bond donors (Lipinski definition) is 1. The summed E-state index contributed by atoms with van der Waals surface area (Å²) in [6.07, 6.45) is 6.49. The van der Waals surface area contributed by atoms with Crippen molar-refractivity contribution in [3.63, 3.8) is 0 Å². The lowest BCUT2D eigenvalue weighted by Gasteiger charge is -2.39. The van der Waals surface area contributed by atoms with E-state index in [2.05, 4.69) is 30.8 Å². The van der Waals surface area contributed by atoms with Crippen molar-refractivity contribution in [1.29, 1.82) is 0 Å². The van der Waals surface area contributed by atoms with Crippen molar-refractivity contribution in [2.75, 3.05) is 33.7 Å². The quantitative estimate of drug-likeness (QED) is 0.747. The van der Waals surface area contributed by atoms with Gasteiger partial charge in [-0.15, -0.1) is 0 Å². The van der Waals surface area contributed by atoms with Crippen LogP contribution in [0.4, 0.5) is 0 Å². The van der Waals surface area contributed by atoms with Crippen molar-refractivity contribution < 1.29 is 0 Å². The van der Waals surface area contributed by atoms with Crippen LogP contribution in [0, 0.1) is 0 Å². The van der Waals surface area contributed by atoms with Gasteiger partial charge in [-0.1, -0.05) is 19.8 Å². The van der Waals surface area contributed by atoms with Crippen LogP contribution in [0.1, 0.15) is 39.0 Å². The lowest BCUT2D eigenvalue weighted by Crippen LogP contribution is -2.50. The third-order valence-electron chi connectivity index (χ3n) is 3.91. The summed E-state index contributed by atoms with van der Waals surface area (Å²) in [6, 6.07) is 1.29. The molecule has 1 aliphatic heterocycles. The zero-order valence-electron chi connectivity index (χ0n) is 11.3. The van der Waals surface area contributed by atoms with E-state index in [1.54, 1.807) is 0 Å². The van der Waals surface area contributed by atoms with Gasteiger partial charge in [0.15, 0.2) is 0 Å². The molecule has 1 heterocycles. The first kappa shape index (κ1) is 13.9. The standard InChI is InChI=1S/C13H29N3/c1-4-5-7-12(10-14)16(3)13-8-6-9-15(2)11-13/h12-13H,4-11,14H2,1-3H3. The summed E-state index contributed by atoms with van der Waals surface area (Å²) in [5, 5.41) is 0. The predicted molar refractivity (Wildman–Crippen MR) is 70.6 cm³/mol. The van der Waals surface area contributed by atoms with Crippen molar-refractivity contribution >= 4 is 0 Å². The predicted octanol–water partition coefficient (Wildman–Crippen LogP) is 1.53. The molecule has 0 aromatic rings. The number of nitrogens with zero attached hydrogens (tertiary/aromatic N) is 2. The Morgan fingerprint density at radius 3 is 2.81 bits per heavy atom. The minimum atomic E-state index is 0.580. The maximum absolute atomic E-state index is 5.90. The molecule has 0 amide bonds. The topological polar surface area (TPSA) is 32.5 Å². The van der Waals surface area contributed by atoms with Gasteiger partial charge in [-0.05, 0) is 39.9 Å². The van der Waals surface area contributed by atoms with Gasteiger partial charge in [0.25, 0.3) is 0 Å². The second-order valence-corrected chi connectivity index (χ2v) is 5.26. The zero-order valence-corrected chi connectivity index (χ0v) is 11.3. The summed E-state index contributed by atoms with van der Waals surface area (Å²) < 4.78 is 0. The van der Waals surface area contributed by atoms with Gasteiger partial charge in [0.1, 0.15) is 0 Å². The van der Waals surface area contributed by atoms with Gasteiger partial charge < -0.3 is 10.6 Å². The van der Waals surface area contributed by atoms with Gasteiger partial charge in [0.2, 0.25) is 0 Å². The molecule has 16 heavy (non-hydrogen) atoms. The molecule has 0 saturated carbocycles. The highest BCUT2D eigenvalue weighted by molar-refractivity contribution is 4.82. The summed E-state index contributed by atoms with van der Waals surface area (Å²) in [7, 11) is 4.49. The molecular weight excluding hydrogens is 198 g/mol. The number of piperidine rings is 1. The van der Waals surface area contributed by atoms with Crippen molar-refractivity contribution in [3.8, 4) is 0 Å². The van der Waals surface area contributed by atoms with Gasteiger partial charge in [0.05, 0.1) is 0 Å². The van der Waals surface area contributed by atoms with Crippen LogP contribution < -0.4 is 5.73 Å². The molecule has 0 bridgehead atoms. The van der Waals surface area contributed by atoms with Crippen molar-refractivity contribution in [3.05, 3.63) is 0 Å². The fourth-order valence-electron chi connectivity index (χ4n) is 2.70. The SMILES string of the molecule is CCCCC(CN)N(C)C1CCCN(C)C1. The lowest BCUT2D eigenvalue weighted by molar-refractivity contribution is 0.0964. The van der Waals surface area contributed by atoms with Gasteiger partial charge in [-0.25, -0.2) is 0 Å². The van der Waals surface area contributed by atoms with Crippen LogP contribution in [0.15, 0.2) is 0 Å². The molecule has 2 atom stereocenters. The molecule has 1 aliphatic rings. The Morgan fingerprint density at radius 2 is 2.25 bits per heavy atom. The van der Waals surface area contributed by atoms with Crippen LogP contribution in [0.25, 0.3) is 0 Å². The molecule has 2 N–H and O–H groups in total. The highest BCUT2D eigenvalue weighted by Crippen LogP contribution is 2.17. The molecule has 0 aromatic carbocycles. The Kier molecular flexibility index (Phi) is 6.32. The van der Waals surface area contributed by atoms with Crippen molar-refractivity contribution in [1.82, 2.24) is 9.80 Å². The van der Waals surface area contributed by atoms with Gasteiger partial charge in [-0.3, -0.25) is 4.90 Å². The van der Waals surface area contributed by atoms with Crippen LogP contribution in [-0.4, -0.2) is 55.6 Å². The number of likely N-dealkylation sites (tertiary alicyclic amines) is 1. The van der Waals surface area contributed by atoms with Crippen molar-refractivity contribution in [2.45, 2.75) is 51.1 Å². The first-order chi connectivity index (χ1) is 7.69. The van der Waals surface area contributed by atoms with E-state index < -0.39 is 0 Å². The minimum absolute atomic E-state index is 0.580. The Bertz CT molecular complexity index is 184. The van der Waals surface area contributed by atoms with Crippen LogP contribution in [0.3, 0.4) is 0 Å². The summed E-state index contributed by atoms with van der Waals surface area (Å²) in [5.74, 6) is 0. The molecule has 0 aromatic heterocycles. The van der Waals surface area contributed by atoms with Crippen LogP contribution in [-0.2, 0) is 0 Å². The van der Waals surface area contributed by atoms with E-state index in [0.29, 0.717) is 12.1 Å². The van der Waals surface area contributed by atoms with E-state index in [0.717, 1.165) is 6.54 Å². The highest BCUT2D eigenvalue weighted by Gasteiger charge is 2.25. The second-order valence-electron chi connectivity index (χ2n) is 5.26. The van der Waals surface area contributed by atoms with E-state index in [9.17, 15) is 0 Å². The maximum atomic E-state index is 5.90. The third-order valence-corrected chi connectivity index (χ3v) is 3.91. The molecule has 1 fully saturated rings. The Hall–Kier alpha value is -0.120. The molecular formula is C13H29N3. The average molecular weight is 227 g/mol. The molecule has 2 unspecified atom stereocenters.